The van der Waals surface area contributed by atoms with Gasteiger partial charge in [0.25, 0.3) is 5.91 Å². The molecule has 1 amide bonds. The second-order valence-corrected chi connectivity index (χ2v) is 10.2. The summed E-state index contributed by atoms with van der Waals surface area (Å²) < 4.78 is 38.2. The predicted octanol–water partition coefficient (Wildman–Crippen LogP) is 5.18. The summed E-state index contributed by atoms with van der Waals surface area (Å²) in [4.78, 5) is 20.2. The van der Waals surface area contributed by atoms with E-state index in [0.29, 0.717) is 35.1 Å². The van der Waals surface area contributed by atoms with Crippen molar-refractivity contribution in [2.24, 2.45) is 11.8 Å². The van der Waals surface area contributed by atoms with Crippen LogP contribution < -0.4 is 0 Å². The molecule has 5 nitrogen and oxygen atoms in total. The number of aromatic nitrogens is 1. The topological polar surface area (TPSA) is 56.7 Å². The van der Waals surface area contributed by atoms with Crippen molar-refractivity contribution in [3.05, 3.63) is 63.4 Å². The Hall–Kier alpha value is -1.87. The summed E-state index contributed by atoms with van der Waals surface area (Å²) in [6.07, 6.45) is -0.153. The van der Waals surface area contributed by atoms with E-state index < -0.39 is 11.9 Å². The fourth-order valence-electron chi connectivity index (χ4n) is 5.19. The SMILES string of the molecule is O=C(c1ccc(C(F)(F)F)nc1)N1CCC(N2CCC(Cc3ccc(Cl)c(Cl)c3)[C@H](CO)C2)CC1. The molecule has 4 rings (SSSR count). The molecule has 1 aromatic heterocycles. The lowest BCUT2D eigenvalue weighted by Crippen LogP contribution is -2.52. The Labute approximate surface area is 212 Å². The van der Waals surface area contributed by atoms with Crippen LogP contribution in [0.2, 0.25) is 10.0 Å². The number of rotatable bonds is 5. The van der Waals surface area contributed by atoms with Crippen molar-refractivity contribution in [2.45, 2.75) is 37.9 Å². The molecule has 10 heteroatoms. The monoisotopic (exact) mass is 529 g/mol. The third-order valence-electron chi connectivity index (χ3n) is 7.21. The highest BCUT2D eigenvalue weighted by Gasteiger charge is 2.35. The first-order valence-corrected chi connectivity index (χ1v) is 12.5. The number of nitrogens with zero attached hydrogens (tertiary/aromatic N) is 3. The highest BCUT2D eigenvalue weighted by atomic mass is 35.5. The molecule has 0 radical (unpaired) electrons. The van der Waals surface area contributed by atoms with E-state index >= 15 is 0 Å². The highest BCUT2D eigenvalue weighted by Crippen LogP contribution is 2.32. The van der Waals surface area contributed by atoms with Gasteiger partial charge in [-0.2, -0.15) is 13.2 Å². The summed E-state index contributed by atoms with van der Waals surface area (Å²) in [5, 5.41) is 11.1. The van der Waals surface area contributed by atoms with Crippen molar-refractivity contribution < 1.29 is 23.1 Å². The number of aliphatic hydroxyl groups is 1. The Bertz CT molecular complexity index is 1030. The van der Waals surface area contributed by atoms with Gasteiger partial charge in [0, 0.05) is 38.5 Å². The van der Waals surface area contributed by atoms with E-state index in [4.69, 9.17) is 23.2 Å². The summed E-state index contributed by atoms with van der Waals surface area (Å²) >= 11 is 12.2. The molecule has 1 aromatic carbocycles. The second-order valence-electron chi connectivity index (χ2n) is 9.39. The average molecular weight is 530 g/mol. The van der Waals surface area contributed by atoms with Crippen LogP contribution in [0.25, 0.3) is 0 Å². The van der Waals surface area contributed by atoms with Crippen LogP contribution in [-0.2, 0) is 12.6 Å². The molecular weight excluding hydrogens is 502 g/mol. The van der Waals surface area contributed by atoms with Gasteiger partial charge in [0.05, 0.1) is 15.6 Å². The van der Waals surface area contributed by atoms with Crippen molar-refractivity contribution in [1.82, 2.24) is 14.8 Å². The fourth-order valence-corrected chi connectivity index (χ4v) is 5.51. The first-order valence-electron chi connectivity index (χ1n) is 11.8. The number of halogens is 5. The molecule has 2 aliphatic rings. The minimum atomic E-state index is -4.53. The van der Waals surface area contributed by atoms with Crippen LogP contribution in [0.1, 0.15) is 40.9 Å². The number of aliphatic hydroxyl groups excluding tert-OH is 1. The standard InChI is InChI=1S/C25H28Cl2F3N3O2/c26-21-3-1-16(12-22(21)27)11-17-5-8-33(14-19(17)15-34)20-6-9-32(10-7-20)24(35)18-2-4-23(31-13-18)25(28,29)30/h1-4,12-13,17,19-20,34H,5-11,14-15H2/t17?,19-/m0/s1. The predicted molar refractivity (Wildman–Crippen MR) is 129 cm³/mol. The Morgan fingerprint density at radius 1 is 1.03 bits per heavy atom. The van der Waals surface area contributed by atoms with Crippen molar-refractivity contribution in [3.63, 3.8) is 0 Å². The van der Waals surface area contributed by atoms with Crippen LogP contribution in [0.15, 0.2) is 36.5 Å². The van der Waals surface area contributed by atoms with E-state index in [2.05, 4.69) is 9.88 Å². The van der Waals surface area contributed by atoms with E-state index in [9.17, 15) is 23.1 Å². The van der Waals surface area contributed by atoms with E-state index in [1.54, 1.807) is 11.0 Å². The lowest BCUT2D eigenvalue weighted by atomic mass is 9.80. The number of amides is 1. The molecule has 1 N–H and O–H groups in total. The van der Waals surface area contributed by atoms with Crippen molar-refractivity contribution in [3.8, 4) is 0 Å². The van der Waals surface area contributed by atoms with Crippen LogP contribution in [0, 0.1) is 11.8 Å². The smallest absolute Gasteiger partial charge is 0.396 e. The lowest BCUT2D eigenvalue weighted by Gasteiger charge is -2.44. The van der Waals surface area contributed by atoms with Crippen LogP contribution in [0.5, 0.6) is 0 Å². The summed E-state index contributed by atoms with van der Waals surface area (Å²) in [5.41, 5.74) is 0.273. The van der Waals surface area contributed by atoms with Crippen molar-refractivity contribution in [2.75, 3.05) is 32.8 Å². The van der Waals surface area contributed by atoms with Crippen molar-refractivity contribution in [1.29, 1.82) is 0 Å². The number of pyridine rings is 1. The van der Waals surface area contributed by atoms with E-state index in [0.717, 1.165) is 56.6 Å². The van der Waals surface area contributed by atoms with Gasteiger partial charge < -0.3 is 10.0 Å². The Morgan fingerprint density at radius 3 is 2.37 bits per heavy atom. The normalized spacial score (nSPS) is 22.4. The molecule has 0 bridgehead atoms. The molecule has 35 heavy (non-hydrogen) atoms. The molecule has 3 heterocycles. The molecule has 2 fully saturated rings. The zero-order chi connectivity index (χ0) is 25.2. The number of carbonyl (C=O) groups is 1. The molecule has 0 saturated carbocycles. The van der Waals surface area contributed by atoms with Gasteiger partial charge in [0.1, 0.15) is 5.69 Å². The summed E-state index contributed by atoms with van der Waals surface area (Å²) in [7, 11) is 0. The summed E-state index contributed by atoms with van der Waals surface area (Å²) in [6, 6.07) is 8.02. The average Bonchev–Trinajstić information content (AvgIpc) is 2.86. The van der Waals surface area contributed by atoms with Gasteiger partial charge in [-0.3, -0.25) is 14.7 Å². The molecule has 0 aliphatic carbocycles. The van der Waals surface area contributed by atoms with E-state index in [1.807, 2.05) is 12.1 Å². The molecule has 2 aromatic rings. The van der Waals surface area contributed by atoms with Crippen LogP contribution in [0.3, 0.4) is 0 Å². The number of likely N-dealkylation sites (tertiary alicyclic amines) is 2. The van der Waals surface area contributed by atoms with Gasteiger partial charge >= 0.3 is 6.18 Å². The number of hydrogen-bond donors (Lipinski definition) is 1. The first kappa shape index (κ1) is 26.2. The van der Waals surface area contributed by atoms with E-state index in [-0.39, 0.29) is 24.0 Å². The maximum absolute atomic E-state index is 12.7. The lowest BCUT2D eigenvalue weighted by molar-refractivity contribution is -0.141. The molecule has 1 unspecified atom stereocenters. The molecule has 2 atom stereocenters. The second kappa shape index (κ2) is 11.0. The number of hydrogen-bond acceptors (Lipinski definition) is 4. The molecular formula is C25H28Cl2F3N3O2. The third-order valence-corrected chi connectivity index (χ3v) is 7.95. The van der Waals surface area contributed by atoms with Gasteiger partial charge in [-0.15, -0.1) is 0 Å². The van der Waals surface area contributed by atoms with Crippen LogP contribution in [0.4, 0.5) is 13.2 Å². The maximum Gasteiger partial charge on any atom is 0.433 e. The third kappa shape index (κ3) is 6.28. The van der Waals surface area contributed by atoms with Crippen molar-refractivity contribution >= 4 is 29.1 Å². The maximum atomic E-state index is 12.7. The Kier molecular flexibility index (Phi) is 8.26. The molecule has 2 aliphatic heterocycles. The quantitative estimate of drug-likeness (QED) is 0.579. The van der Waals surface area contributed by atoms with Gasteiger partial charge in [0.2, 0.25) is 0 Å². The Morgan fingerprint density at radius 2 is 1.77 bits per heavy atom. The number of alkyl halides is 3. The van der Waals surface area contributed by atoms with Gasteiger partial charge in [0.15, 0.2) is 0 Å². The van der Waals surface area contributed by atoms with Gasteiger partial charge in [-0.1, -0.05) is 29.3 Å². The summed E-state index contributed by atoms with van der Waals surface area (Å²) in [6.45, 7) is 2.91. The zero-order valence-corrected chi connectivity index (χ0v) is 20.7. The highest BCUT2D eigenvalue weighted by molar-refractivity contribution is 6.42. The zero-order valence-electron chi connectivity index (χ0n) is 19.1. The number of benzene rings is 1. The van der Waals surface area contributed by atoms with Crippen LogP contribution >= 0.6 is 23.2 Å². The fraction of sp³-hybridized carbons (Fsp3) is 0.520. The number of carbonyl (C=O) groups excluding carboxylic acids is 1. The molecule has 190 valence electrons. The van der Waals surface area contributed by atoms with Gasteiger partial charge in [-0.05, 0) is 73.9 Å². The Balaban J connectivity index is 1.30. The summed E-state index contributed by atoms with van der Waals surface area (Å²) in [5.74, 6) is 0.205. The van der Waals surface area contributed by atoms with Gasteiger partial charge in [-0.25, -0.2) is 0 Å². The molecule has 2 saturated heterocycles. The minimum Gasteiger partial charge on any atom is -0.396 e. The van der Waals surface area contributed by atoms with Crippen LogP contribution in [-0.4, -0.2) is 64.6 Å². The molecule has 0 spiro atoms. The number of piperidine rings is 2. The minimum absolute atomic E-state index is 0.112. The largest absolute Gasteiger partial charge is 0.433 e. The van der Waals surface area contributed by atoms with E-state index in [1.165, 1.54) is 6.07 Å². The first-order chi connectivity index (χ1) is 16.7.